The van der Waals surface area contributed by atoms with Gasteiger partial charge >= 0.3 is 0 Å². The van der Waals surface area contributed by atoms with Crippen LogP contribution in [-0.2, 0) is 0 Å². The molecule has 0 spiro atoms. The fourth-order valence-corrected chi connectivity index (χ4v) is 6.78. The van der Waals surface area contributed by atoms with E-state index in [0.717, 1.165) is 72.3 Å². The van der Waals surface area contributed by atoms with Gasteiger partial charge in [0.1, 0.15) is 5.52 Å². The first-order valence-electron chi connectivity index (χ1n) is 16.5. The number of hydrogen-bond acceptors (Lipinski definition) is 4. The number of oxazole rings is 1. The number of fused-ring (bicyclic) bond motifs is 5. The lowest BCUT2D eigenvalue weighted by molar-refractivity contribution is 0.623. The normalized spacial score (nSPS) is 11.3. The average Bonchev–Trinajstić information content (AvgIpc) is 3.62. The molecule has 0 aliphatic rings. The number of para-hydroxylation sites is 5. The Morgan fingerprint density at radius 2 is 0.878 bits per heavy atom. The van der Waals surface area contributed by atoms with Gasteiger partial charge in [-0.2, -0.15) is 0 Å². The fraction of sp³-hybridized carbons (Fsp3) is 0. The van der Waals surface area contributed by atoms with Gasteiger partial charge in [0.15, 0.2) is 5.58 Å². The van der Waals surface area contributed by atoms with E-state index in [1.807, 2.05) is 30.3 Å². The van der Waals surface area contributed by atoms with Gasteiger partial charge in [-0.1, -0.05) is 109 Å². The zero-order chi connectivity index (χ0) is 32.6. The van der Waals surface area contributed by atoms with E-state index >= 15 is 0 Å². The van der Waals surface area contributed by atoms with Gasteiger partial charge in [0, 0.05) is 33.7 Å². The minimum atomic E-state index is 0.623. The van der Waals surface area contributed by atoms with Crippen molar-refractivity contribution in [2.45, 2.75) is 0 Å². The predicted molar refractivity (Wildman–Crippen MR) is 204 cm³/mol. The van der Waals surface area contributed by atoms with Crippen LogP contribution in [0.3, 0.4) is 0 Å². The summed E-state index contributed by atoms with van der Waals surface area (Å²) in [4.78, 5) is 9.57. The highest BCUT2D eigenvalue weighted by Crippen LogP contribution is 2.46. The third-order valence-corrected chi connectivity index (χ3v) is 9.02. The lowest BCUT2D eigenvalue weighted by Gasteiger charge is -2.33. The molecule has 0 N–H and O–H groups in total. The first-order valence-corrected chi connectivity index (χ1v) is 16.5. The summed E-state index contributed by atoms with van der Waals surface area (Å²) in [6.07, 6.45) is 0. The summed E-state index contributed by atoms with van der Waals surface area (Å²) in [5.74, 6) is 0.623. The van der Waals surface area contributed by atoms with Crippen molar-refractivity contribution in [3.63, 3.8) is 0 Å². The molecule has 0 bridgehead atoms. The van der Waals surface area contributed by atoms with E-state index in [9.17, 15) is 0 Å². The Kier molecular flexibility index (Phi) is 7.10. The molecule has 9 aromatic rings. The van der Waals surface area contributed by atoms with Crippen molar-refractivity contribution in [1.82, 2.24) is 4.98 Å². The molecule has 9 rings (SSSR count). The minimum Gasteiger partial charge on any atom is -0.435 e. The number of hydrogen-bond donors (Lipinski definition) is 0. The van der Waals surface area contributed by atoms with E-state index < -0.39 is 0 Å². The Labute approximate surface area is 284 Å². The van der Waals surface area contributed by atoms with Crippen LogP contribution in [0, 0.1) is 0 Å². The highest BCUT2D eigenvalue weighted by atomic mass is 16.3. The molecule has 0 aliphatic heterocycles. The van der Waals surface area contributed by atoms with E-state index in [1.54, 1.807) is 0 Å². The van der Waals surface area contributed by atoms with Crippen LogP contribution in [0.1, 0.15) is 0 Å². The summed E-state index contributed by atoms with van der Waals surface area (Å²) in [6, 6.07) is 65.7. The van der Waals surface area contributed by atoms with Gasteiger partial charge in [0.05, 0.1) is 11.4 Å². The van der Waals surface area contributed by atoms with Crippen LogP contribution in [0.25, 0.3) is 44.1 Å². The molecule has 1 heterocycles. The first-order chi connectivity index (χ1) is 24.3. The summed E-state index contributed by atoms with van der Waals surface area (Å²) in [5, 5.41) is 4.41. The molecule has 0 aliphatic carbocycles. The second-order valence-electron chi connectivity index (χ2n) is 12.0. The Morgan fingerprint density at radius 3 is 1.47 bits per heavy atom. The Morgan fingerprint density at radius 1 is 0.408 bits per heavy atom. The molecule has 0 radical (unpaired) electrons. The molecule has 0 fully saturated rings. The highest BCUT2D eigenvalue weighted by molar-refractivity contribution is 6.18. The molecule has 0 saturated heterocycles. The number of aromatic nitrogens is 1. The van der Waals surface area contributed by atoms with Crippen molar-refractivity contribution >= 4 is 66.8 Å². The minimum absolute atomic E-state index is 0.623. The zero-order valence-electron chi connectivity index (χ0n) is 26.6. The van der Waals surface area contributed by atoms with Gasteiger partial charge < -0.3 is 14.2 Å². The maximum absolute atomic E-state index is 6.56. The van der Waals surface area contributed by atoms with Gasteiger partial charge in [0.2, 0.25) is 5.89 Å². The summed E-state index contributed by atoms with van der Waals surface area (Å²) in [6.45, 7) is 0. The molecule has 0 amide bonds. The van der Waals surface area contributed by atoms with E-state index in [-0.39, 0.29) is 0 Å². The summed E-state index contributed by atoms with van der Waals surface area (Å²) < 4.78 is 6.56. The molecule has 8 aromatic carbocycles. The molecule has 0 unspecified atom stereocenters. The largest absolute Gasteiger partial charge is 0.435 e. The Bertz CT molecular complexity index is 2510. The summed E-state index contributed by atoms with van der Waals surface area (Å²) >= 11 is 0. The van der Waals surface area contributed by atoms with Crippen molar-refractivity contribution in [2.75, 3.05) is 9.80 Å². The van der Waals surface area contributed by atoms with Crippen LogP contribution >= 0.6 is 0 Å². The quantitative estimate of drug-likeness (QED) is 0.164. The monoisotopic (exact) mass is 629 g/mol. The van der Waals surface area contributed by atoms with Gasteiger partial charge in [-0.3, -0.25) is 0 Å². The van der Waals surface area contributed by atoms with Gasteiger partial charge in [-0.05, 0) is 95.0 Å². The maximum Gasteiger partial charge on any atom is 0.227 e. The second kappa shape index (κ2) is 12.2. The van der Waals surface area contributed by atoms with E-state index in [4.69, 9.17) is 9.40 Å². The van der Waals surface area contributed by atoms with Gasteiger partial charge in [-0.25, -0.2) is 4.98 Å². The van der Waals surface area contributed by atoms with Crippen molar-refractivity contribution in [3.8, 4) is 11.5 Å². The zero-order valence-corrected chi connectivity index (χ0v) is 26.6. The number of benzene rings is 8. The Hall–Kier alpha value is -6.65. The predicted octanol–water partition coefficient (Wildman–Crippen LogP) is 12.7. The van der Waals surface area contributed by atoms with Gasteiger partial charge in [0.25, 0.3) is 0 Å². The molecule has 4 heteroatoms. The lowest BCUT2D eigenvalue weighted by atomic mass is 10.00. The van der Waals surface area contributed by atoms with Crippen LogP contribution in [0.4, 0.5) is 34.1 Å². The molecule has 232 valence electrons. The van der Waals surface area contributed by atoms with Gasteiger partial charge in [-0.15, -0.1) is 0 Å². The first kappa shape index (κ1) is 28.6. The van der Waals surface area contributed by atoms with Crippen LogP contribution in [0.15, 0.2) is 192 Å². The third-order valence-electron chi connectivity index (χ3n) is 9.02. The number of nitrogens with zero attached hydrogens (tertiary/aromatic N) is 3. The second-order valence-corrected chi connectivity index (χ2v) is 12.0. The Balaban J connectivity index is 1.28. The van der Waals surface area contributed by atoms with E-state index in [1.165, 1.54) is 0 Å². The number of rotatable bonds is 7. The smallest absolute Gasteiger partial charge is 0.227 e. The van der Waals surface area contributed by atoms with Crippen molar-refractivity contribution in [3.05, 3.63) is 188 Å². The van der Waals surface area contributed by atoms with E-state index in [0.29, 0.717) is 5.89 Å². The SMILES string of the molecule is c1ccc(-c2nc3ccc4ccc5ccc(N(c6ccccc6)c6ccccc6N(c6ccccc6)c6ccccc6)cc5c4c3o2)cc1. The molecule has 49 heavy (non-hydrogen) atoms. The number of anilines is 6. The molecule has 4 nitrogen and oxygen atoms in total. The summed E-state index contributed by atoms with van der Waals surface area (Å²) in [7, 11) is 0. The highest BCUT2D eigenvalue weighted by Gasteiger charge is 2.22. The summed E-state index contributed by atoms with van der Waals surface area (Å²) in [5.41, 5.74) is 8.98. The van der Waals surface area contributed by atoms with Crippen LogP contribution < -0.4 is 9.80 Å². The lowest BCUT2D eigenvalue weighted by Crippen LogP contribution is -2.16. The molecule has 0 saturated carbocycles. The van der Waals surface area contributed by atoms with Crippen molar-refractivity contribution in [2.24, 2.45) is 0 Å². The van der Waals surface area contributed by atoms with Crippen molar-refractivity contribution < 1.29 is 4.42 Å². The molecule has 0 atom stereocenters. The standard InChI is InChI=1S/C45H31N3O/c1-5-15-34(16-6-1)45-46-40-30-28-33-26-25-32-27-29-38(31-39(32)43(33)44(40)49-45)48(37-21-11-4-12-22-37)42-24-14-13-23-41(42)47(35-17-7-2-8-18-35)36-19-9-3-10-20-36/h1-31H. The molecule has 1 aromatic heterocycles. The molecular weight excluding hydrogens is 599 g/mol. The topological polar surface area (TPSA) is 32.5 Å². The van der Waals surface area contributed by atoms with Crippen molar-refractivity contribution in [1.29, 1.82) is 0 Å². The average molecular weight is 630 g/mol. The fourth-order valence-electron chi connectivity index (χ4n) is 6.78. The maximum atomic E-state index is 6.56. The van der Waals surface area contributed by atoms with E-state index in [2.05, 4.69) is 168 Å². The van der Waals surface area contributed by atoms with Crippen LogP contribution in [-0.4, -0.2) is 4.98 Å². The third kappa shape index (κ3) is 5.16. The van der Waals surface area contributed by atoms with Crippen LogP contribution in [0.5, 0.6) is 0 Å². The molecular formula is C45H31N3O. The van der Waals surface area contributed by atoms with Crippen LogP contribution in [0.2, 0.25) is 0 Å².